The lowest BCUT2D eigenvalue weighted by atomic mass is 9.99. The van der Waals surface area contributed by atoms with E-state index in [1.54, 1.807) is 6.07 Å². The van der Waals surface area contributed by atoms with E-state index in [0.29, 0.717) is 11.5 Å². The fourth-order valence-corrected chi connectivity index (χ4v) is 2.13. The molecule has 0 aliphatic carbocycles. The molecule has 2 aromatic rings. The molecule has 0 radical (unpaired) electrons. The van der Waals surface area contributed by atoms with Crippen LogP contribution in [0.5, 0.6) is 11.5 Å². The molecule has 0 saturated heterocycles. The molecule has 0 bridgehead atoms. The second-order valence-electron chi connectivity index (χ2n) is 5.74. The maximum absolute atomic E-state index is 9.41. The smallest absolute Gasteiger partial charge is 0.119 e. The van der Waals surface area contributed by atoms with Gasteiger partial charge in [0.1, 0.15) is 11.5 Å². The summed E-state index contributed by atoms with van der Waals surface area (Å²) in [5.41, 5.74) is 8.02. The van der Waals surface area contributed by atoms with E-state index in [1.165, 1.54) is 22.3 Å². The molecule has 2 nitrogen and oxygen atoms in total. The van der Waals surface area contributed by atoms with Crippen LogP contribution in [0.4, 0.5) is 0 Å². The zero-order chi connectivity index (χ0) is 16.3. The highest BCUT2D eigenvalue weighted by Gasteiger charge is 2.04. The van der Waals surface area contributed by atoms with Crippen molar-refractivity contribution in [1.82, 2.24) is 0 Å². The standard InChI is InChI=1S/C10H14O.C9H12O/c1-6-5-10(11)9(4)8(3)7(6)2;1-6-4-5-9(10)8(3)7(6)2/h5,11H,1-4H3;4-5,10H,1-3H3. The van der Waals surface area contributed by atoms with Crippen molar-refractivity contribution in [1.29, 1.82) is 0 Å². The summed E-state index contributed by atoms with van der Waals surface area (Å²) in [5, 5.41) is 18.6. The van der Waals surface area contributed by atoms with Crippen LogP contribution in [0.3, 0.4) is 0 Å². The van der Waals surface area contributed by atoms with E-state index in [-0.39, 0.29) is 0 Å². The summed E-state index contributed by atoms with van der Waals surface area (Å²) in [6, 6.07) is 5.48. The Morgan fingerprint density at radius 3 is 1.52 bits per heavy atom. The largest absolute Gasteiger partial charge is 0.508 e. The Kier molecular flexibility index (Phi) is 5.42. The van der Waals surface area contributed by atoms with Crippen LogP contribution in [0.25, 0.3) is 0 Å². The van der Waals surface area contributed by atoms with Gasteiger partial charge in [-0.1, -0.05) is 6.07 Å². The van der Waals surface area contributed by atoms with Crippen molar-refractivity contribution < 1.29 is 10.2 Å². The maximum Gasteiger partial charge on any atom is 0.119 e. The first-order valence-corrected chi connectivity index (χ1v) is 7.19. The third kappa shape index (κ3) is 3.78. The van der Waals surface area contributed by atoms with E-state index in [4.69, 9.17) is 0 Å². The molecule has 0 saturated carbocycles. The summed E-state index contributed by atoms with van der Waals surface area (Å²) in [5.74, 6) is 0.800. The number of rotatable bonds is 0. The van der Waals surface area contributed by atoms with Gasteiger partial charge in [-0.15, -0.1) is 0 Å². The highest BCUT2D eigenvalue weighted by Crippen LogP contribution is 2.25. The Bertz CT molecular complexity index is 602. The lowest BCUT2D eigenvalue weighted by Gasteiger charge is -2.09. The minimum atomic E-state index is 0.392. The first-order chi connectivity index (χ1) is 9.66. The van der Waals surface area contributed by atoms with E-state index >= 15 is 0 Å². The van der Waals surface area contributed by atoms with E-state index in [1.807, 2.05) is 53.7 Å². The van der Waals surface area contributed by atoms with Gasteiger partial charge in [0.05, 0.1) is 0 Å². The first-order valence-electron chi connectivity index (χ1n) is 7.19. The summed E-state index contributed by atoms with van der Waals surface area (Å²) < 4.78 is 0. The molecule has 0 atom stereocenters. The summed E-state index contributed by atoms with van der Waals surface area (Å²) >= 11 is 0. The summed E-state index contributed by atoms with van der Waals surface area (Å²) in [4.78, 5) is 0. The lowest BCUT2D eigenvalue weighted by molar-refractivity contribution is 0.469. The van der Waals surface area contributed by atoms with Crippen molar-refractivity contribution in [2.24, 2.45) is 0 Å². The molecule has 0 amide bonds. The number of phenols is 2. The van der Waals surface area contributed by atoms with Crippen molar-refractivity contribution in [2.45, 2.75) is 48.5 Å². The Labute approximate surface area is 128 Å². The van der Waals surface area contributed by atoms with Crippen LogP contribution in [0, 0.1) is 48.5 Å². The van der Waals surface area contributed by atoms with Crippen molar-refractivity contribution in [3.63, 3.8) is 0 Å². The van der Waals surface area contributed by atoms with Gasteiger partial charge in [-0.05, 0) is 99.5 Å². The fourth-order valence-electron chi connectivity index (χ4n) is 2.13. The van der Waals surface area contributed by atoms with Gasteiger partial charge in [-0.2, -0.15) is 0 Å². The van der Waals surface area contributed by atoms with Crippen LogP contribution in [0.1, 0.15) is 38.9 Å². The van der Waals surface area contributed by atoms with Crippen LogP contribution in [0.2, 0.25) is 0 Å². The van der Waals surface area contributed by atoms with Gasteiger partial charge in [0.25, 0.3) is 0 Å². The van der Waals surface area contributed by atoms with Gasteiger partial charge in [0.2, 0.25) is 0 Å². The number of aromatic hydroxyl groups is 2. The molecule has 2 N–H and O–H groups in total. The zero-order valence-corrected chi connectivity index (χ0v) is 14.1. The molecule has 114 valence electrons. The second kappa shape index (κ2) is 6.66. The van der Waals surface area contributed by atoms with E-state index in [9.17, 15) is 10.2 Å². The molecule has 0 spiro atoms. The minimum absolute atomic E-state index is 0.392. The number of benzene rings is 2. The predicted molar refractivity (Wildman–Crippen MR) is 89.4 cm³/mol. The van der Waals surface area contributed by atoms with Crippen molar-refractivity contribution in [2.75, 3.05) is 0 Å². The van der Waals surface area contributed by atoms with Gasteiger partial charge in [0, 0.05) is 0 Å². The van der Waals surface area contributed by atoms with Crippen LogP contribution in [0.15, 0.2) is 18.2 Å². The van der Waals surface area contributed by atoms with Crippen LogP contribution in [-0.2, 0) is 0 Å². The molecule has 0 unspecified atom stereocenters. The highest BCUT2D eigenvalue weighted by molar-refractivity contribution is 5.46. The Hall–Kier alpha value is -1.96. The second-order valence-corrected chi connectivity index (χ2v) is 5.74. The number of hydrogen-bond donors (Lipinski definition) is 2. The Morgan fingerprint density at radius 2 is 1.00 bits per heavy atom. The highest BCUT2D eigenvalue weighted by atomic mass is 16.3. The molecule has 0 aliphatic rings. The predicted octanol–water partition coefficient (Wildman–Crippen LogP) is 4.94. The third-order valence-corrected chi connectivity index (χ3v) is 4.48. The van der Waals surface area contributed by atoms with Crippen LogP contribution < -0.4 is 0 Å². The number of phenolic OH excluding ortho intramolecular Hbond substituents is 2. The lowest BCUT2D eigenvalue weighted by Crippen LogP contribution is -1.90. The van der Waals surface area contributed by atoms with Gasteiger partial charge in [-0.25, -0.2) is 0 Å². The number of hydrogen-bond acceptors (Lipinski definition) is 2. The third-order valence-electron chi connectivity index (χ3n) is 4.48. The zero-order valence-electron chi connectivity index (χ0n) is 14.1. The molecule has 2 aromatic carbocycles. The number of aryl methyl sites for hydroxylation is 2. The first kappa shape index (κ1) is 17.1. The van der Waals surface area contributed by atoms with Gasteiger partial charge >= 0.3 is 0 Å². The molecular formula is C19H26O2. The summed E-state index contributed by atoms with van der Waals surface area (Å²) in [6.07, 6.45) is 0. The van der Waals surface area contributed by atoms with E-state index in [2.05, 4.69) is 6.92 Å². The molecule has 0 aromatic heterocycles. The quantitative estimate of drug-likeness (QED) is 0.720. The maximum atomic E-state index is 9.41. The minimum Gasteiger partial charge on any atom is -0.508 e. The molecular weight excluding hydrogens is 260 g/mol. The van der Waals surface area contributed by atoms with E-state index in [0.717, 1.165) is 16.7 Å². The van der Waals surface area contributed by atoms with Crippen molar-refractivity contribution in [3.8, 4) is 11.5 Å². The SMILES string of the molecule is Cc1cc(O)c(C)c(C)c1C.Cc1ccc(O)c(C)c1C. The molecule has 2 rings (SSSR count). The summed E-state index contributed by atoms with van der Waals surface area (Å²) in [7, 11) is 0. The molecule has 2 heteroatoms. The van der Waals surface area contributed by atoms with Crippen LogP contribution in [-0.4, -0.2) is 10.2 Å². The van der Waals surface area contributed by atoms with Crippen molar-refractivity contribution >= 4 is 0 Å². The average molecular weight is 286 g/mol. The molecule has 0 heterocycles. The topological polar surface area (TPSA) is 40.5 Å². The van der Waals surface area contributed by atoms with Crippen LogP contribution >= 0.6 is 0 Å². The fraction of sp³-hybridized carbons (Fsp3) is 0.368. The normalized spacial score (nSPS) is 10.0. The van der Waals surface area contributed by atoms with Gasteiger partial charge < -0.3 is 10.2 Å². The molecule has 0 fully saturated rings. The molecule has 0 aliphatic heterocycles. The average Bonchev–Trinajstić information content (AvgIpc) is 2.45. The van der Waals surface area contributed by atoms with Gasteiger partial charge in [0.15, 0.2) is 0 Å². The van der Waals surface area contributed by atoms with Crippen molar-refractivity contribution in [3.05, 3.63) is 57.1 Å². The monoisotopic (exact) mass is 286 g/mol. The van der Waals surface area contributed by atoms with Gasteiger partial charge in [-0.3, -0.25) is 0 Å². The Morgan fingerprint density at radius 1 is 0.524 bits per heavy atom. The Balaban J connectivity index is 0.000000211. The molecule has 21 heavy (non-hydrogen) atoms. The summed E-state index contributed by atoms with van der Waals surface area (Å²) in [6.45, 7) is 14.1. The van der Waals surface area contributed by atoms with E-state index < -0.39 is 0 Å².